The summed E-state index contributed by atoms with van der Waals surface area (Å²) < 4.78 is 54.3. The van der Waals surface area contributed by atoms with Crippen molar-refractivity contribution in [3.63, 3.8) is 0 Å². The normalized spacial score (nSPS) is 11.4. The molecule has 2 aromatic carbocycles. The zero-order chi connectivity index (χ0) is 28.9. The third-order valence-electron chi connectivity index (χ3n) is 6.00. The Morgan fingerprint density at radius 3 is 2.52 bits per heavy atom. The number of aromatic nitrogens is 1. The van der Waals surface area contributed by atoms with Gasteiger partial charge in [0, 0.05) is 70.1 Å². The van der Waals surface area contributed by atoms with Gasteiger partial charge in [-0.15, -0.1) is 0 Å². The van der Waals surface area contributed by atoms with E-state index < -0.39 is 27.7 Å². The summed E-state index contributed by atoms with van der Waals surface area (Å²) in [6.45, 7) is 0.697. The SMILES string of the molecule is CNS(=O)(=O)Nc1cccc(Cc2c(CNCc3ccncc3)c3ccc(OC(=O)N(C)C)cc3oc2=O)c1F. The van der Waals surface area contributed by atoms with Crippen molar-refractivity contribution in [2.24, 2.45) is 0 Å². The molecule has 0 saturated carbocycles. The van der Waals surface area contributed by atoms with Crippen LogP contribution < -0.4 is 25.1 Å². The molecule has 0 aliphatic heterocycles. The van der Waals surface area contributed by atoms with E-state index in [0.717, 1.165) is 5.56 Å². The summed E-state index contributed by atoms with van der Waals surface area (Å²) in [6, 6.07) is 12.6. The van der Waals surface area contributed by atoms with Crippen LogP contribution in [0.2, 0.25) is 0 Å². The molecule has 0 saturated heterocycles. The molecule has 0 atom stereocenters. The lowest BCUT2D eigenvalue weighted by molar-refractivity contribution is 0.172. The summed E-state index contributed by atoms with van der Waals surface area (Å²) >= 11 is 0. The Bertz CT molecular complexity index is 1690. The van der Waals surface area contributed by atoms with Gasteiger partial charge in [-0.05, 0) is 47.0 Å². The third kappa shape index (κ3) is 6.81. The van der Waals surface area contributed by atoms with Crippen LogP contribution >= 0.6 is 0 Å². The molecule has 40 heavy (non-hydrogen) atoms. The monoisotopic (exact) mass is 569 g/mol. The first-order valence-electron chi connectivity index (χ1n) is 12.1. The van der Waals surface area contributed by atoms with Crippen molar-refractivity contribution in [1.29, 1.82) is 0 Å². The lowest BCUT2D eigenvalue weighted by Gasteiger charge is -2.15. The van der Waals surface area contributed by atoms with E-state index in [4.69, 9.17) is 9.15 Å². The number of nitrogens with zero attached hydrogens (tertiary/aromatic N) is 2. The molecule has 3 N–H and O–H groups in total. The molecule has 11 nitrogen and oxygen atoms in total. The van der Waals surface area contributed by atoms with Gasteiger partial charge in [0.15, 0.2) is 5.82 Å². The summed E-state index contributed by atoms with van der Waals surface area (Å²) in [5, 5.41) is 3.86. The molecule has 4 rings (SSSR count). The van der Waals surface area contributed by atoms with E-state index in [1.54, 1.807) is 38.6 Å². The van der Waals surface area contributed by atoms with Crippen LogP contribution in [0.5, 0.6) is 5.75 Å². The molecular weight excluding hydrogens is 541 g/mol. The molecule has 2 aromatic heterocycles. The molecule has 0 unspecified atom stereocenters. The van der Waals surface area contributed by atoms with Gasteiger partial charge in [-0.3, -0.25) is 9.71 Å². The number of hydrogen-bond donors (Lipinski definition) is 3. The summed E-state index contributed by atoms with van der Waals surface area (Å²) in [5.74, 6) is -0.629. The third-order valence-corrected chi connectivity index (χ3v) is 7.03. The number of fused-ring (bicyclic) bond motifs is 1. The highest BCUT2D eigenvalue weighted by atomic mass is 32.2. The number of carbonyl (C=O) groups excluding carboxylic acids is 1. The maximum absolute atomic E-state index is 15.4. The smallest absolute Gasteiger partial charge is 0.414 e. The molecule has 13 heteroatoms. The molecule has 0 bridgehead atoms. The Hall–Kier alpha value is -4.33. The molecule has 0 spiro atoms. The van der Waals surface area contributed by atoms with Crippen molar-refractivity contribution in [3.8, 4) is 5.75 Å². The van der Waals surface area contributed by atoms with Gasteiger partial charge < -0.3 is 19.4 Å². The number of halogens is 1. The number of nitrogens with one attached hydrogen (secondary N) is 3. The maximum atomic E-state index is 15.4. The highest BCUT2D eigenvalue weighted by Gasteiger charge is 2.20. The average Bonchev–Trinajstić information content (AvgIpc) is 2.92. The topological polar surface area (TPSA) is 143 Å². The van der Waals surface area contributed by atoms with Crippen LogP contribution in [0.1, 0.15) is 22.3 Å². The molecule has 210 valence electrons. The van der Waals surface area contributed by atoms with E-state index in [2.05, 4.69) is 19.7 Å². The van der Waals surface area contributed by atoms with E-state index in [1.165, 1.54) is 36.2 Å². The Morgan fingerprint density at radius 1 is 1.07 bits per heavy atom. The number of anilines is 1. The Morgan fingerprint density at radius 2 is 1.82 bits per heavy atom. The number of pyridine rings is 1. The summed E-state index contributed by atoms with van der Waals surface area (Å²) in [6.07, 6.45) is 2.58. The van der Waals surface area contributed by atoms with E-state index in [1.807, 2.05) is 12.1 Å². The Labute approximate surface area is 230 Å². The van der Waals surface area contributed by atoms with Gasteiger partial charge in [-0.2, -0.15) is 8.42 Å². The minimum atomic E-state index is -3.96. The summed E-state index contributed by atoms with van der Waals surface area (Å²) in [5.41, 5.74) is 1.04. The van der Waals surface area contributed by atoms with Crippen molar-refractivity contribution in [2.75, 3.05) is 25.9 Å². The molecular formula is C27H28FN5O6S. The fraction of sp³-hybridized carbons (Fsp3) is 0.222. The minimum Gasteiger partial charge on any atom is -0.422 e. The number of benzene rings is 2. The Kier molecular flexibility index (Phi) is 8.77. The van der Waals surface area contributed by atoms with Gasteiger partial charge in [-0.1, -0.05) is 12.1 Å². The zero-order valence-electron chi connectivity index (χ0n) is 22.0. The molecule has 0 fully saturated rings. The standard InChI is InChI=1S/C27H28FN5O6S/c1-29-40(36,37)32-23-6-4-5-18(25(23)28)13-21-22(16-31-15-17-9-11-30-12-10-17)20-8-7-19(38-27(35)33(2)3)14-24(20)39-26(21)34/h4-12,14,29,31-32H,13,15-16H2,1-3H3. The molecule has 0 radical (unpaired) electrons. The molecule has 4 aromatic rings. The first kappa shape index (κ1) is 28.7. The van der Waals surface area contributed by atoms with Crippen LogP contribution in [-0.4, -0.2) is 45.5 Å². The summed E-state index contributed by atoms with van der Waals surface area (Å²) in [4.78, 5) is 30.5. The Balaban J connectivity index is 1.74. The lowest BCUT2D eigenvalue weighted by atomic mass is 9.97. The second-order valence-corrected chi connectivity index (χ2v) is 10.6. The largest absolute Gasteiger partial charge is 0.422 e. The fourth-order valence-electron chi connectivity index (χ4n) is 3.93. The van der Waals surface area contributed by atoms with Crippen LogP contribution in [-0.2, 0) is 29.7 Å². The van der Waals surface area contributed by atoms with Crippen molar-refractivity contribution in [2.45, 2.75) is 19.5 Å². The van der Waals surface area contributed by atoms with E-state index in [9.17, 15) is 18.0 Å². The zero-order valence-corrected chi connectivity index (χ0v) is 22.8. The first-order chi connectivity index (χ1) is 19.1. The maximum Gasteiger partial charge on any atom is 0.414 e. The highest BCUT2D eigenvalue weighted by Crippen LogP contribution is 2.28. The number of hydrogen-bond acceptors (Lipinski definition) is 8. The van der Waals surface area contributed by atoms with E-state index >= 15 is 4.39 Å². The van der Waals surface area contributed by atoms with E-state index in [0.29, 0.717) is 17.5 Å². The van der Waals surface area contributed by atoms with Crippen molar-refractivity contribution in [3.05, 3.63) is 99.4 Å². The number of rotatable bonds is 10. The molecule has 0 aliphatic carbocycles. The van der Waals surface area contributed by atoms with Gasteiger partial charge in [0.05, 0.1) is 5.69 Å². The van der Waals surface area contributed by atoms with Crippen molar-refractivity contribution in [1.82, 2.24) is 19.9 Å². The highest BCUT2D eigenvalue weighted by molar-refractivity contribution is 7.90. The van der Waals surface area contributed by atoms with Crippen molar-refractivity contribution < 1.29 is 26.8 Å². The van der Waals surface area contributed by atoms with Crippen LogP contribution in [0.25, 0.3) is 11.0 Å². The number of amides is 1. The molecule has 2 heterocycles. The quantitative estimate of drug-likeness (QED) is 0.247. The molecule has 0 aliphatic rings. The van der Waals surface area contributed by atoms with Crippen LogP contribution in [0.3, 0.4) is 0 Å². The number of ether oxygens (including phenoxy) is 1. The van der Waals surface area contributed by atoms with Gasteiger partial charge in [-0.25, -0.2) is 18.7 Å². The van der Waals surface area contributed by atoms with Crippen LogP contribution in [0.4, 0.5) is 14.9 Å². The predicted molar refractivity (Wildman–Crippen MR) is 148 cm³/mol. The van der Waals surface area contributed by atoms with Gasteiger partial charge in [0.2, 0.25) is 0 Å². The van der Waals surface area contributed by atoms with Gasteiger partial charge >= 0.3 is 11.7 Å². The second kappa shape index (κ2) is 12.2. The van der Waals surface area contributed by atoms with Crippen LogP contribution in [0, 0.1) is 5.82 Å². The second-order valence-electron chi connectivity index (χ2n) is 8.99. The lowest BCUT2D eigenvalue weighted by Crippen LogP contribution is -2.27. The fourth-order valence-corrected chi connectivity index (χ4v) is 4.48. The van der Waals surface area contributed by atoms with Gasteiger partial charge in [0.25, 0.3) is 10.2 Å². The van der Waals surface area contributed by atoms with Crippen LogP contribution in [0.15, 0.2) is 70.1 Å². The first-order valence-corrected chi connectivity index (χ1v) is 13.6. The van der Waals surface area contributed by atoms with Gasteiger partial charge in [0.1, 0.15) is 11.3 Å². The molecule has 1 amide bonds. The van der Waals surface area contributed by atoms with E-state index in [-0.39, 0.29) is 41.1 Å². The number of carbonyl (C=O) groups is 1. The van der Waals surface area contributed by atoms with Crippen molar-refractivity contribution >= 4 is 33.0 Å². The predicted octanol–water partition coefficient (Wildman–Crippen LogP) is 3.14. The summed E-state index contributed by atoms with van der Waals surface area (Å²) in [7, 11) is 0.321. The minimum absolute atomic E-state index is 0.0925. The average molecular weight is 570 g/mol.